The Hall–Kier alpha value is -0.830. The van der Waals surface area contributed by atoms with E-state index in [1.807, 2.05) is 0 Å². The van der Waals surface area contributed by atoms with Gasteiger partial charge in [0.2, 0.25) is 0 Å². The molecule has 0 unspecified atom stereocenters. The van der Waals surface area contributed by atoms with Gasteiger partial charge in [0.15, 0.2) is 0 Å². The van der Waals surface area contributed by atoms with Crippen molar-refractivity contribution in [3.8, 4) is 6.01 Å². The zero-order valence-corrected chi connectivity index (χ0v) is 7.71. The molecule has 0 aliphatic rings. The Bertz CT molecular complexity index is 225. The predicted octanol–water partition coefficient (Wildman–Crippen LogP) is 2.31. The number of halogens is 1. The Morgan fingerprint density at radius 3 is 2.67 bits per heavy atom. The first-order valence-electron chi connectivity index (χ1n) is 3.93. The highest BCUT2D eigenvalue weighted by atomic mass is 35.5. The summed E-state index contributed by atoms with van der Waals surface area (Å²) in [6, 6.07) is 0.396. The minimum Gasteiger partial charge on any atom is -0.463 e. The fourth-order valence-corrected chi connectivity index (χ4v) is 0.780. The molecule has 0 amide bonds. The van der Waals surface area contributed by atoms with Crippen molar-refractivity contribution < 1.29 is 4.74 Å². The van der Waals surface area contributed by atoms with Crippen LogP contribution in [0.4, 0.5) is 0 Å². The molecule has 0 aliphatic carbocycles. The second-order valence-electron chi connectivity index (χ2n) is 2.39. The van der Waals surface area contributed by atoms with Gasteiger partial charge in [-0.15, -0.1) is 0 Å². The van der Waals surface area contributed by atoms with E-state index in [0.29, 0.717) is 17.6 Å². The number of nitrogens with zero attached hydrogens (tertiary/aromatic N) is 2. The van der Waals surface area contributed by atoms with Crippen LogP contribution in [0.15, 0.2) is 12.4 Å². The summed E-state index contributed by atoms with van der Waals surface area (Å²) in [5, 5.41) is 0.526. The van der Waals surface area contributed by atoms with Gasteiger partial charge in [0.25, 0.3) is 0 Å². The lowest BCUT2D eigenvalue weighted by Crippen LogP contribution is -1.99. The molecule has 0 fully saturated rings. The predicted molar refractivity (Wildman–Crippen MR) is 47.4 cm³/mol. The fourth-order valence-electron chi connectivity index (χ4n) is 0.683. The van der Waals surface area contributed by atoms with Crippen molar-refractivity contribution in [2.24, 2.45) is 0 Å². The largest absolute Gasteiger partial charge is 0.463 e. The van der Waals surface area contributed by atoms with E-state index in [4.69, 9.17) is 16.3 Å². The van der Waals surface area contributed by atoms with Crippen molar-refractivity contribution in [1.29, 1.82) is 0 Å². The van der Waals surface area contributed by atoms with Gasteiger partial charge in [-0.2, -0.15) is 0 Å². The number of aromatic nitrogens is 2. The highest BCUT2D eigenvalue weighted by Crippen LogP contribution is 2.07. The average Bonchev–Trinajstić information content (AvgIpc) is 2.09. The molecule has 0 aliphatic heterocycles. The zero-order valence-electron chi connectivity index (χ0n) is 6.96. The third kappa shape index (κ3) is 3.05. The van der Waals surface area contributed by atoms with Gasteiger partial charge in [-0.05, 0) is 6.42 Å². The summed E-state index contributed by atoms with van der Waals surface area (Å²) in [4.78, 5) is 7.77. The number of hydrogen-bond donors (Lipinski definition) is 0. The van der Waals surface area contributed by atoms with Crippen LogP contribution in [-0.2, 0) is 0 Å². The summed E-state index contributed by atoms with van der Waals surface area (Å²) in [7, 11) is 0. The van der Waals surface area contributed by atoms with Gasteiger partial charge < -0.3 is 4.74 Å². The lowest BCUT2D eigenvalue weighted by molar-refractivity contribution is 0.285. The average molecular weight is 187 g/mol. The van der Waals surface area contributed by atoms with Crippen LogP contribution in [0.5, 0.6) is 6.01 Å². The second-order valence-corrected chi connectivity index (χ2v) is 2.82. The van der Waals surface area contributed by atoms with E-state index in [9.17, 15) is 0 Å². The molecular weight excluding hydrogens is 176 g/mol. The van der Waals surface area contributed by atoms with Crippen LogP contribution in [0.2, 0.25) is 5.02 Å². The van der Waals surface area contributed by atoms with Gasteiger partial charge >= 0.3 is 6.01 Å². The van der Waals surface area contributed by atoms with Crippen molar-refractivity contribution in [3.05, 3.63) is 17.4 Å². The Balaban J connectivity index is 2.37. The van der Waals surface area contributed by atoms with Gasteiger partial charge in [-0.1, -0.05) is 24.9 Å². The van der Waals surface area contributed by atoms with Gasteiger partial charge in [0.1, 0.15) is 0 Å². The molecule has 0 bridgehead atoms. The Labute approximate surface area is 76.7 Å². The lowest BCUT2D eigenvalue weighted by Gasteiger charge is -2.01. The summed E-state index contributed by atoms with van der Waals surface area (Å²) in [5.74, 6) is 0. The first-order chi connectivity index (χ1) is 5.83. The normalized spacial score (nSPS) is 9.83. The topological polar surface area (TPSA) is 35.0 Å². The molecule has 0 radical (unpaired) electrons. The Kier molecular flexibility index (Phi) is 3.80. The van der Waals surface area contributed by atoms with E-state index in [1.54, 1.807) is 0 Å². The fraction of sp³-hybridized carbons (Fsp3) is 0.500. The standard InChI is InChI=1S/C8H11ClN2O/c1-2-3-4-12-8-10-5-7(9)6-11-8/h5-6H,2-4H2,1H3. The Morgan fingerprint density at radius 1 is 1.42 bits per heavy atom. The molecule has 0 spiro atoms. The van der Waals surface area contributed by atoms with Crippen LogP contribution in [0.3, 0.4) is 0 Å². The molecule has 0 saturated carbocycles. The number of ether oxygens (including phenoxy) is 1. The maximum Gasteiger partial charge on any atom is 0.316 e. The molecule has 0 saturated heterocycles. The molecule has 1 rings (SSSR count). The number of unbranched alkanes of at least 4 members (excludes halogenated alkanes) is 1. The monoisotopic (exact) mass is 186 g/mol. The molecule has 0 aromatic carbocycles. The van der Waals surface area contributed by atoms with E-state index in [-0.39, 0.29) is 0 Å². The highest BCUT2D eigenvalue weighted by Gasteiger charge is 1.95. The molecular formula is C8H11ClN2O. The molecule has 1 aromatic rings. The van der Waals surface area contributed by atoms with Crippen molar-refractivity contribution in [1.82, 2.24) is 9.97 Å². The van der Waals surface area contributed by atoms with Crippen LogP contribution in [0.1, 0.15) is 19.8 Å². The van der Waals surface area contributed by atoms with Crippen molar-refractivity contribution >= 4 is 11.6 Å². The lowest BCUT2D eigenvalue weighted by atomic mass is 10.4. The molecule has 1 heterocycles. The van der Waals surface area contributed by atoms with E-state index in [1.165, 1.54) is 12.4 Å². The first-order valence-corrected chi connectivity index (χ1v) is 4.31. The molecule has 4 heteroatoms. The van der Waals surface area contributed by atoms with E-state index >= 15 is 0 Å². The third-order valence-electron chi connectivity index (χ3n) is 1.33. The van der Waals surface area contributed by atoms with Crippen molar-refractivity contribution in [2.45, 2.75) is 19.8 Å². The zero-order chi connectivity index (χ0) is 8.81. The minimum atomic E-state index is 0.396. The molecule has 0 N–H and O–H groups in total. The van der Waals surface area contributed by atoms with Gasteiger partial charge in [0, 0.05) is 0 Å². The van der Waals surface area contributed by atoms with Crippen LogP contribution in [-0.4, -0.2) is 16.6 Å². The molecule has 12 heavy (non-hydrogen) atoms. The third-order valence-corrected chi connectivity index (χ3v) is 1.52. The van der Waals surface area contributed by atoms with Gasteiger partial charge in [0.05, 0.1) is 24.0 Å². The second kappa shape index (κ2) is 4.93. The molecule has 0 atom stereocenters. The summed E-state index contributed by atoms with van der Waals surface area (Å²) in [6.45, 7) is 2.77. The summed E-state index contributed by atoms with van der Waals surface area (Å²) < 4.78 is 5.22. The SMILES string of the molecule is CCCCOc1ncc(Cl)cn1. The van der Waals surface area contributed by atoms with Gasteiger partial charge in [-0.25, -0.2) is 9.97 Å². The summed E-state index contributed by atoms with van der Waals surface area (Å²) >= 11 is 5.59. The van der Waals surface area contributed by atoms with Gasteiger partial charge in [-0.3, -0.25) is 0 Å². The number of rotatable bonds is 4. The minimum absolute atomic E-state index is 0.396. The first kappa shape index (κ1) is 9.26. The van der Waals surface area contributed by atoms with E-state index in [2.05, 4.69) is 16.9 Å². The summed E-state index contributed by atoms with van der Waals surface area (Å²) in [5.41, 5.74) is 0. The van der Waals surface area contributed by atoms with E-state index < -0.39 is 0 Å². The molecule has 3 nitrogen and oxygen atoms in total. The van der Waals surface area contributed by atoms with Crippen LogP contribution >= 0.6 is 11.6 Å². The van der Waals surface area contributed by atoms with Crippen molar-refractivity contribution in [2.75, 3.05) is 6.61 Å². The van der Waals surface area contributed by atoms with Crippen LogP contribution in [0.25, 0.3) is 0 Å². The number of hydrogen-bond acceptors (Lipinski definition) is 3. The van der Waals surface area contributed by atoms with Crippen LogP contribution in [0, 0.1) is 0 Å². The Morgan fingerprint density at radius 2 is 2.08 bits per heavy atom. The van der Waals surface area contributed by atoms with Crippen molar-refractivity contribution in [3.63, 3.8) is 0 Å². The highest BCUT2D eigenvalue weighted by molar-refractivity contribution is 6.30. The van der Waals surface area contributed by atoms with E-state index in [0.717, 1.165) is 12.8 Å². The summed E-state index contributed by atoms with van der Waals surface area (Å²) in [6.07, 6.45) is 5.17. The van der Waals surface area contributed by atoms with Crippen LogP contribution < -0.4 is 4.74 Å². The smallest absolute Gasteiger partial charge is 0.316 e. The maximum atomic E-state index is 5.59. The molecule has 1 aromatic heterocycles. The molecule has 66 valence electrons. The quantitative estimate of drug-likeness (QED) is 0.677. The maximum absolute atomic E-state index is 5.59.